The molecule has 2 aromatic rings. The smallest absolute Gasteiger partial charge is 0.312 e. The lowest BCUT2D eigenvalue weighted by Gasteiger charge is -2.08. The van der Waals surface area contributed by atoms with E-state index < -0.39 is 17.6 Å². The van der Waals surface area contributed by atoms with Crippen molar-refractivity contribution in [1.82, 2.24) is 10.3 Å². The average Bonchev–Trinajstić information content (AvgIpc) is 2.79. The molecule has 114 valence electrons. The number of nitrogens with one attached hydrogen (secondary N) is 1. The van der Waals surface area contributed by atoms with Crippen molar-refractivity contribution in [2.45, 2.75) is 26.1 Å². The van der Waals surface area contributed by atoms with Crippen LogP contribution in [0.25, 0.3) is 10.6 Å². The first-order valence-corrected chi connectivity index (χ1v) is 7.07. The maximum absolute atomic E-state index is 13.9. The van der Waals surface area contributed by atoms with E-state index in [1.54, 1.807) is 14.0 Å². The van der Waals surface area contributed by atoms with Crippen LogP contribution in [0.15, 0.2) is 18.2 Å². The van der Waals surface area contributed by atoms with Crippen molar-refractivity contribution in [2.24, 2.45) is 0 Å². The number of thiazole rings is 1. The van der Waals surface area contributed by atoms with Gasteiger partial charge in [0.25, 0.3) is 0 Å². The Labute approximate surface area is 123 Å². The van der Waals surface area contributed by atoms with Gasteiger partial charge in [-0.3, -0.25) is 0 Å². The Morgan fingerprint density at radius 2 is 1.95 bits per heavy atom. The number of alkyl halides is 3. The predicted octanol–water partition coefficient (Wildman–Crippen LogP) is 4.56. The minimum absolute atomic E-state index is 0.00473. The maximum atomic E-state index is 13.9. The fraction of sp³-hybridized carbons (Fsp3) is 0.357. The summed E-state index contributed by atoms with van der Waals surface area (Å²) >= 11 is 1.20. The second-order valence-corrected chi connectivity index (χ2v) is 5.70. The molecule has 0 saturated heterocycles. The van der Waals surface area contributed by atoms with Gasteiger partial charge in [-0.2, -0.15) is 13.2 Å². The summed E-state index contributed by atoms with van der Waals surface area (Å²) in [4.78, 5) is 5.08. The standard InChI is InChI=1S/C14H14F4N2S/c1-7(19-3)12-8(2)20-13(21-12)10-6-9(14(16,17)18)4-5-11(10)15/h4-7,19H,1-3H3. The van der Waals surface area contributed by atoms with E-state index >= 15 is 0 Å². The van der Waals surface area contributed by atoms with Crippen LogP contribution in [0.1, 0.15) is 29.1 Å². The van der Waals surface area contributed by atoms with Gasteiger partial charge in [-0.25, -0.2) is 9.37 Å². The number of benzene rings is 1. The minimum atomic E-state index is -4.50. The van der Waals surface area contributed by atoms with E-state index in [1.807, 2.05) is 6.92 Å². The summed E-state index contributed by atoms with van der Waals surface area (Å²) < 4.78 is 52.1. The Bertz CT molecular complexity index is 649. The molecule has 1 unspecified atom stereocenters. The first-order chi connectivity index (χ1) is 9.74. The second kappa shape index (κ2) is 5.73. The van der Waals surface area contributed by atoms with Crippen LogP contribution in [0, 0.1) is 12.7 Å². The van der Waals surface area contributed by atoms with E-state index in [9.17, 15) is 17.6 Å². The highest BCUT2D eigenvalue weighted by Crippen LogP contribution is 2.36. The Balaban J connectivity index is 2.52. The number of nitrogens with zero attached hydrogens (tertiary/aromatic N) is 1. The van der Waals surface area contributed by atoms with Crippen molar-refractivity contribution in [3.05, 3.63) is 40.2 Å². The van der Waals surface area contributed by atoms with Crippen LogP contribution >= 0.6 is 11.3 Å². The van der Waals surface area contributed by atoms with Crippen LogP contribution in [-0.2, 0) is 6.18 Å². The Morgan fingerprint density at radius 1 is 1.29 bits per heavy atom. The van der Waals surface area contributed by atoms with Crippen molar-refractivity contribution in [3.63, 3.8) is 0 Å². The zero-order valence-electron chi connectivity index (χ0n) is 11.7. The summed E-state index contributed by atoms with van der Waals surface area (Å²) in [6.07, 6.45) is -4.50. The summed E-state index contributed by atoms with van der Waals surface area (Å²) in [5, 5.41) is 3.29. The molecular weight excluding hydrogens is 304 g/mol. The van der Waals surface area contributed by atoms with E-state index in [4.69, 9.17) is 0 Å². The molecule has 1 aromatic carbocycles. The van der Waals surface area contributed by atoms with Gasteiger partial charge in [0.1, 0.15) is 10.8 Å². The quantitative estimate of drug-likeness (QED) is 0.839. The molecule has 0 fully saturated rings. The largest absolute Gasteiger partial charge is 0.416 e. The van der Waals surface area contributed by atoms with Gasteiger partial charge in [-0.1, -0.05) is 0 Å². The highest BCUT2D eigenvalue weighted by molar-refractivity contribution is 7.15. The summed E-state index contributed by atoms with van der Waals surface area (Å²) in [5.74, 6) is -0.708. The van der Waals surface area contributed by atoms with Gasteiger partial charge < -0.3 is 5.32 Å². The fourth-order valence-corrected chi connectivity index (χ4v) is 3.07. The molecule has 0 saturated carbocycles. The Hall–Kier alpha value is -1.47. The summed E-state index contributed by atoms with van der Waals surface area (Å²) in [7, 11) is 1.77. The van der Waals surface area contributed by atoms with E-state index in [-0.39, 0.29) is 16.6 Å². The molecule has 0 aliphatic heterocycles. The van der Waals surface area contributed by atoms with Crippen molar-refractivity contribution >= 4 is 11.3 Å². The molecule has 7 heteroatoms. The van der Waals surface area contributed by atoms with Crippen molar-refractivity contribution in [3.8, 4) is 10.6 Å². The SMILES string of the molecule is CNC(C)c1sc(-c2cc(C(F)(F)F)ccc2F)nc1C. The third-order valence-electron chi connectivity index (χ3n) is 3.18. The molecule has 0 amide bonds. The highest BCUT2D eigenvalue weighted by atomic mass is 32.1. The third kappa shape index (κ3) is 3.24. The number of hydrogen-bond acceptors (Lipinski definition) is 3. The number of aromatic nitrogens is 1. The van der Waals surface area contributed by atoms with Gasteiger partial charge in [-0.05, 0) is 39.1 Å². The molecule has 0 spiro atoms. The van der Waals surface area contributed by atoms with Gasteiger partial charge in [-0.15, -0.1) is 11.3 Å². The molecule has 21 heavy (non-hydrogen) atoms. The lowest BCUT2D eigenvalue weighted by molar-refractivity contribution is -0.137. The first kappa shape index (κ1) is 15.9. The number of rotatable bonds is 3. The Kier molecular flexibility index (Phi) is 4.34. The molecule has 0 radical (unpaired) electrons. The molecule has 0 bridgehead atoms. The molecule has 2 rings (SSSR count). The summed E-state index contributed by atoms with van der Waals surface area (Å²) in [6, 6.07) is 2.37. The number of aryl methyl sites for hydroxylation is 1. The fourth-order valence-electron chi connectivity index (χ4n) is 1.92. The van der Waals surface area contributed by atoms with Crippen molar-refractivity contribution in [2.75, 3.05) is 7.05 Å². The zero-order valence-corrected chi connectivity index (χ0v) is 12.5. The van der Waals surface area contributed by atoms with Crippen LogP contribution < -0.4 is 5.32 Å². The van der Waals surface area contributed by atoms with Crippen LogP contribution in [0.5, 0.6) is 0 Å². The van der Waals surface area contributed by atoms with Crippen LogP contribution in [0.3, 0.4) is 0 Å². The lowest BCUT2D eigenvalue weighted by Crippen LogP contribution is -2.11. The molecule has 1 atom stereocenters. The minimum Gasteiger partial charge on any atom is -0.312 e. The van der Waals surface area contributed by atoms with Crippen LogP contribution in [0.2, 0.25) is 0 Å². The third-order valence-corrected chi connectivity index (χ3v) is 4.56. The maximum Gasteiger partial charge on any atom is 0.416 e. The van der Waals surface area contributed by atoms with Gasteiger partial charge in [0.15, 0.2) is 0 Å². The van der Waals surface area contributed by atoms with E-state index in [0.29, 0.717) is 5.69 Å². The molecule has 2 nitrogen and oxygen atoms in total. The predicted molar refractivity (Wildman–Crippen MR) is 74.7 cm³/mol. The monoisotopic (exact) mass is 318 g/mol. The van der Waals surface area contributed by atoms with Crippen LogP contribution in [0.4, 0.5) is 17.6 Å². The number of halogens is 4. The molecule has 1 aromatic heterocycles. The molecule has 1 N–H and O–H groups in total. The highest BCUT2D eigenvalue weighted by Gasteiger charge is 2.31. The van der Waals surface area contributed by atoms with Crippen LogP contribution in [-0.4, -0.2) is 12.0 Å². The topological polar surface area (TPSA) is 24.9 Å². The van der Waals surface area contributed by atoms with Gasteiger partial charge in [0.2, 0.25) is 0 Å². The zero-order chi connectivity index (χ0) is 15.8. The molecule has 1 heterocycles. The second-order valence-electron chi connectivity index (χ2n) is 4.67. The molecule has 0 aliphatic rings. The van der Waals surface area contributed by atoms with Gasteiger partial charge in [0, 0.05) is 16.5 Å². The number of hydrogen-bond donors (Lipinski definition) is 1. The van der Waals surface area contributed by atoms with E-state index in [0.717, 1.165) is 23.1 Å². The first-order valence-electron chi connectivity index (χ1n) is 6.25. The normalized spacial score (nSPS) is 13.5. The summed E-state index contributed by atoms with van der Waals surface area (Å²) in [6.45, 7) is 3.67. The summed E-state index contributed by atoms with van der Waals surface area (Å²) in [5.41, 5.74) is -0.309. The van der Waals surface area contributed by atoms with Crippen molar-refractivity contribution < 1.29 is 17.6 Å². The van der Waals surface area contributed by atoms with E-state index in [1.165, 1.54) is 11.3 Å². The average molecular weight is 318 g/mol. The van der Waals surface area contributed by atoms with Gasteiger partial charge >= 0.3 is 6.18 Å². The Morgan fingerprint density at radius 3 is 2.52 bits per heavy atom. The van der Waals surface area contributed by atoms with Gasteiger partial charge in [0.05, 0.1) is 11.3 Å². The molecule has 0 aliphatic carbocycles. The van der Waals surface area contributed by atoms with E-state index in [2.05, 4.69) is 10.3 Å². The molecular formula is C14H14F4N2S. The van der Waals surface area contributed by atoms with Crippen molar-refractivity contribution in [1.29, 1.82) is 0 Å². The lowest BCUT2D eigenvalue weighted by atomic mass is 10.1.